The third kappa shape index (κ3) is 2.63. The SMILES string of the molecule is COC(=O)c1cc(Br)c2nc(C(O)C(F)(F)F)cn2c1. The smallest absolute Gasteiger partial charge is 0.420 e. The van der Waals surface area contributed by atoms with Gasteiger partial charge in [0.1, 0.15) is 0 Å². The highest BCUT2D eigenvalue weighted by molar-refractivity contribution is 9.10. The number of aliphatic hydroxyl groups excluding tert-OH is 1. The Labute approximate surface area is 119 Å². The monoisotopic (exact) mass is 352 g/mol. The minimum Gasteiger partial charge on any atom is -0.465 e. The number of methoxy groups -OCH3 is 1. The van der Waals surface area contributed by atoms with Crippen LogP contribution in [0.5, 0.6) is 0 Å². The van der Waals surface area contributed by atoms with Crippen LogP contribution in [0, 0.1) is 0 Å². The quantitative estimate of drug-likeness (QED) is 0.843. The van der Waals surface area contributed by atoms with Gasteiger partial charge in [0.25, 0.3) is 0 Å². The van der Waals surface area contributed by atoms with Crippen LogP contribution < -0.4 is 0 Å². The second-order valence-corrected chi connectivity index (χ2v) is 4.76. The molecule has 0 amide bonds. The molecule has 0 radical (unpaired) electrons. The van der Waals surface area contributed by atoms with Gasteiger partial charge in [-0.2, -0.15) is 13.2 Å². The number of nitrogens with zero attached hydrogens (tertiary/aromatic N) is 2. The van der Waals surface area contributed by atoms with Crippen molar-refractivity contribution in [2.45, 2.75) is 12.3 Å². The molecule has 0 fully saturated rings. The Morgan fingerprint density at radius 3 is 2.70 bits per heavy atom. The molecule has 2 aromatic heterocycles. The highest BCUT2D eigenvalue weighted by Crippen LogP contribution is 2.32. The molecule has 0 aliphatic rings. The highest BCUT2D eigenvalue weighted by Gasteiger charge is 2.41. The average Bonchev–Trinajstić information content (AvgIpc) is 2.79. The summed E-state index contributed by atoms with van der Waals surface area (Å²) in [6, 6.07) is 1.37. The summed E-state index contributed by atoms with van der Waals surface area (Å²) in [6.07, 6.45) is -5.22. The van der Waals surface area contributed by atoms with E-state index in [1.54, 1.807) is 0 Å². The maximum absolute atomic E-state index is 12.4. The minimum absolute atomic E-state index is 0.136. The zero-order valence-corrected chi connectivity index (χ0v) is 11.6. The number of hydrogen-bond acceptors (Lipinski definition) is 4. The molecule has 9 heteroatoms. The van der Waals surface area contributed by atoms with Gasteiger partial charge in [-0.25, -0.2) is 9.78 Å². The highest BCUT2D eigenvalue weighted by atomic mass is 79.9. The number of esters is 1. The zero-order chi connectivity index (χ0) is 15.1. The van der Waals surface area contributed by atoms with Crippen molar-refractivity contribution in [3.8, 4) is 0 Å². The third-order valence-corrected chi connectivity index (χ3v) is 3.12. The first-order chi connectivity index (χ1) is 9.24. The van der Waals surface area contributed by atoms with Gasteiger partial charge < -0.3 is 14.2 Å². The third-order valence-electron chi connectivity index (χ3n) is 2.54. The van der Waals surface area contributed by atoms with Crippen molar-refractivity contribution in [3.05, 3.63) is 34.2 Å². The Kier molecular flexibility index (Phi) is 3.74. The van der Waals surface area contributed by atoms with Crippen molar-refractivity contribution in [2.24, 2.45) is 0 Å². The molecule has 0 saturated heterocycles. The molecule has 0 aromatic carbocycles. The molecule has 2 heterocycles. The largest absolute Gasteiger partial charge is 0.465 e. The Balaban J connectivity index is 2.54. The van der Waals surface area contributed by atoms with Crippen molar-refractivity contribution < 1.29 is 27.8 Å². The van der Waals surface area contributed by atoms with Gasteiger partial charge in [-0.15, -0.1) is 0 Å². The molecule has 0 aliphatic heterocycles. The molecule has 20 heavy (non-hydrogen) atoms. The van der Waals surface area contributed by atoms with Crippen LogP contribution in [-0.4, -0.2) is 33.7 Å². The molecule has 5 nitrogen and oxygen atoms in total. The van der Waals surface area contributed by atoms with Gasteiger partial charge in [0.05, 0.1) is 22.8 Å². The topological polar surface area (TPSA) is 63.8 Å². The van der Waals surface area contributed by atoms with Gasteiger partial charge in [-0.1, -0.05) is 0 Å². The van der Waals surface area contributed by atoms with E-state index in [1.165, 1.54) is 23.8 Å². The molecule has 2 aromatic rings. The second kappa shape index (κ2) is 5.06. The van der Waals surface area contributed by atoms with Gasteiger partial charge in [-0.05, 0) is 22.0 Å². The van der Waals surface area contributed by atoms with Crippen LogP contribution in [0.15, 0.2) is 22.9 Å². The fraction of sp³-hybridized carbons (Fsp3) is 0.273. The first-order valence-electron chi connectivity index (χ1n) is 5.25. The van der Waals surface area contributed by atoms with Crippen molar-refractivity contribution in [1.82, 2.24) is 9.38 Å². The van der Waals surface area contributed by atoms with Crippen molar-refractivity contribution in [2.75, 3.05) is 7.11 Å². The van der Waals surface area contributed by atoms with E-state index < -0.39 is 23.9 Å². The Bertz CT molecular complexity index is 669. The predicted molar refractivity (Wildman–Crippen MR) is 65.2 cm³/mol. The van der Waals surface area contributed by atoms with Crippen molar-refractivity contribution in [1.29, 1.82) is 0 Å². The number of aromatic nitrogens is 2. The lowest BCUT2D eigenvalue weighted by atomic mass is 10.3. The molecule has 1 unspecified atom stereocenters. The number of alkyl halides is 3. The lowest BCUT2D eigenvalue weighted by molar-refractivity contribution is -0.207. The van der Waals surface area contributed by atoms with Crippen LogP contribution in [-0.2, 0) is 4.74 Å². The van der Waals surface area contributed by atoms with Crippen LogP contribution in [0.3, 0.4) is 0 Å². The minimum atomic E-state index is -4.81. The number of imidazole rings is 1. The predicted octanol–water partition coefficient (Wildman–Crippen LogP) is 2.48. The van der Waals surface area contributed by atoms with E-state index >= 15 is 0 Å². The zero-order valence-electron chi connectivity index (χ0n) is 9.98. The number of aliphatic hydroxyl groups is 1. The van der Waals surface area contributed by atoms with Crippen LogP contribution in [0.4, 0.5) is 13.2 Å². The molecule has 0 bridgehead atoms. The van der Waals surface area contributed by atoms with Crippen LogP contribution in [0.2, 0.25) is 0 Å². The number of carbonyl (C=O) groups excluding carboxylic acids is 1. The van der Waals surface area contributed by atoms with Gasteiger partial charge in [0, 0.05) is 12.4 Å². The second-order valence-electron chi connectivity index (χ2n) is 3.91. The Morgan fingerprint density at radius 1 is 1.50 bits per heavy atom. The summed E-state index contributed by atoms with van der Waals surface area (Å²) in [4.78, 5) is 15.1. The summed E-state index contributed by atoms with van der Waals surface area (Å²) < 4.78 is 43.4. The average molecular weight is 353 g/mol. The molecule has 108 valence electrons. The number of carbonyl (C=O) groups is 1. The number of halogens is 4. The van der Waals surface area contributed by atoms with Gasteiger partial charge in [-0.3, -0.25) is 0 Å². The summed E-state index contributed by atoms with van der Waals surface area (Å²) >= 11 is 3.10. The summed E-state index contributed by atoms with van der Waals surface area (Å²) in [7, 11) is 1.19. The summed E-state index contributed by atoms with van der Waals surface area (Å²) in [5.74, 6) is -0.640. The van der Waals surface area contributed by atoms with Gasteiger partial charge in [0.2, 0.25) is 0 Å². The number of rotatable bonds is 2. The normalized spacial score (nSPS) is 13.5. The van der Waals surface area contributed by atoms with E-state index in [0.717, 1.165) is 6.20 Å². The molecular weight excluding hydrogens is 345 g/mol. The van der Waals surface area contributed by atoms with Crippen LogP contribution in [0.25, 0.3) is 5.65 Å². The van der Waals surface area contributed by atoms with Crippen LogP contribution in [0.1, 0.15) is 22.2 Å². The summed E-state index contributed by atoms with van der Waals surface area (Å²) in [5.41, 5.74) is -0.270. The number of hydrogen-bond donors (Lipinski definition) is 1. The molecule has 0 spiro atoms. The van der Waals surface area contributed by atoms with Gasteiger partial charge >= 0.3 is 12.1 Å². The lowest BCUT2D eigenvalue weighted by Gasteiger charge is -2.10. The van der Waals surface area contributed by atoms with Crippen LogP contribution >= 0.6 is 15.9 Å². The molecule has 0 saturated carbocycles. The van der Waals surface area contributed by atoms with E-state index in [0.29, 0.717) is 4.47 Å². The Hall–Kier alpha value is -1.61. The van der Waals surface area contributed by atoms with Crippen molar-refractivity contribution in [3.63, 3.8) is 0 Å². The first kappa shape index (κ1) is 14.8. The standard InChI is InChI=1S/C11H8BrF3N2O3/c1-20-10(19)5-2-6(12)9-16-7(4-17(9)3-5)8(18)11(13,14)15/h2-4,8,18H,1H3. The molecular formula is C11H8BrF3N2O3. The molecule has 1 N–H and O–H groups in total. The first-order valence-corrected chi connectivity index (χ1v) is 6.04. The maximum atomic E-state index is 12.4. The van der Waals surface area contributed by atoms with Gasteiger partial charge in [0.15, 0.2) is 11.8 Å². The van der Waals surface area contributed by atoms with E-state index in [1.807, 2.05) is 0 Å². The van der Waals surface area contributed by atoms with Crippen molar-refractivity contribution >= 4 is 27.5 Å². The number of ether oxygens (including phenoxy) is 1. The fourth-order valence-electron chi connectivity index (χ4n) is 1.60. The Morgan fingerprint density at radius 2 is 2.15 bits per heavy atom. The van der Waals surface area contributed by atoms with E-state index in [9.17, 15) is 18.0 Å². The fourth-order valence-corrected chi connectivity index (χ4v) is 2.14. The summed E-state index contributed by atoms with van der Waals surface area (Å²) in [5, 5.41) is 9.17. The van der Waals surface area contributed by atoms with E-state index in [4.69, 9.17) is 5.11 Å². The van der Waals surface area contributed by atoms with E-state index in [2.05, 4.69) is 25.7 Å². The molecule has 2 rings (SSSR count). The maximum Gasteiger partial charge on any atom is 0.420 e. The number of fused-ring (bicyclic) bond motifs is 1. The summed E-state index contributed by atoms with van der Waals surface area (Å²) in [6.45, 7) is 0. The number of pyridine rings is 1. The molecule has 0 aliphatic carbocycles. The lowest BCUT2D eigenvalue weighted by Crippen LogP contribution is -2.20. The van der Waals surface area contributed by atoms with E-state index in [-0.39, 0.29) is 11.2 Å². The molecule has 1 atom stereocenters.